The average Bonchev–Trinajstić information content (AvgIpc) is 3.41. The van der Waals surface area contributed by atoms with Crippen molar-refractivity contribution >= 4 is 23.5 Å². The molecule has 6 heteroatoms. The van der Waals surface area contributed by atoms with E-state index in [2.05, 4.69) is 5.32 Å². The zero-order valence-electron chi connectivity index (χ0n) is 13.5. The Morgan fingerprint density at radius 1 is 1.12 bits per heavy atom. The third kappa shape index (κ3) is 3.94. The Hall–Kier alpha value is -2.53. The Morgan fingerprint density at radius 3 is 2.48 bits per heavy atom. The second-order valence-electron chi connectivity index (χ2n) is 6.14. The third-order valence-electron chi connectivity index (χ3n) is 4.37. The zero-order valence-corrected chi connectivity index (χ0v) is 14.3. The van der Waals surface area contributed by atoms with Crippen molar-refractivity contribution in [2.45, 2.75) is 19.4 Å². The molecule has 130 valence electrons. The largest absolute Gasteiger partial charge is 0.488 e. The number of hydrogen-bond donors (Lipinski definition) is 2. The van der Waals surface area contributed by atoms with E-state index in [4.69, 9.17) is 16.3 Å². The fraction of sp³-hybridized carbons (Fsp3) is 0.263. The maximum atomic E-state index is 12.4. The lowest BCUT2D eigenvalue weighted by atomic mass is 10.1. The number of nitrogens with one attached hydrogen (secondary N) is 1. The van der Waals surface area contributed by atoms with Crippen LogP contribution in [0.1, 0.15) is 28.8 Å². The van der Waals surface area contributed by atoms with Gasteiger partial charge in [-0.25, -0.2) is 0 Å². The number of aliphatic carboxylic acids is 1. The predicted octanol–water partition coefficient (Wildman–Crippen LogP) is 3.51. The molecule has 25 heavy (non-hydrogen) atoms. The first-order valence-corrected chi connectivity index (χ1v) is 8.36. The normalized spacial score (nSPS) is 14.6. The molecule has 2 aromatic rings. The minimum absolute atomic E-state index is 0.125. The molecule has 2 N–H and O–H groups in total. The van der Waals surface area contributed by atoms with Crippen LogP contribution in [0.4, 0.5) is 0 Å². The van der Waals surface area contributed by atoms with Gasteiger partial charge in [-0.3, -0.25) is 9.59 Å². The van der Waals surface area contributed by atoms with Crippen LogP contribution >= 0.6 is 11.6 Å². The van der Waals surface area contributed by atoms with Crippen LogP contribution in [-0.2, 0) is 11.4 Å². The Labute approximate surface area is 150 Å². The Bertz CT molecular complexity index is 802. The molecule has 1 aliphatic rings. The number of rotatable bonds is 7. The predicted molar refractivity (Wildman–Crippen MR) is 93.9 cm³/mol. The van der Waals surface area contributed by atoms with Crippen molar-refractivity contribution in [2.75, 3.05) is 6.54 Å². The summed E-state index contributed by atoms with van der Waals surface area (Å²) in [6.45, 7) is 0.364. The number of carboxylic acids is 1. The van der Waals surface area contributed by atoms with E-state index in [1.807, 2.05) is 18.2 Å². The van der Waals surface area contributed by atoms with E-state index < -0.39 is 11.4 Å². The minimum atomic E-state index is -0.865. The number of para-hydroxylation sites is 1. The number of carboxylic acid groups (broad SMARTS) is 1. The molecule has 3 rings (SSSR count). The van der Waals surface area contributed by atoms with Crippen LogP contribution in [0.25, 0.3) is 0 Å². The molecule has 1 saturated carbocycles. The summed E-state index contributed by atoms with van der Waals surface area (Å²) in [6, 6.07) is 14.2. The van der Waals surface area contributed by atoms with Gasteiger partial charge in [-0.2, -0.15) is 0 Å². The van der Waals surface area contributed by atoms with Crippen molar-refractivity contribution in [3.8, 4) is 5.75 Å². The monoisotopic (exact) mass is 359 g/mol. The highest BCUT2D eigenvalue weighted by Gasteiger charge is 2.50. The van der Waals surface area contributed by atoms with E-state index >= 15 is 0 Å². The molecule has 0 atom stereocenters. The molecule has 0 unspecified atom stereocenters. The number of benzene rings is 2. The minimum Gasteiger partial charge on any atom is -0.488 e. The van der Waals surface area contributed by atoms with E-state index in [9.17, 15) is 14.7 Å². The van der Waals surface area contributed by atoms with Gasteiger partial charge in [0.25, 0.3) is 5.91 Å². The van der Waals surface area contributed by atoms with Crippen molar-refractivity contribution in [3.63, 3.8) is 0 Å². The number of ether oxygens (including phenoxy) is 1. The molecular weight excluding hydrogens is 342 g/mol. The topological polar surface area (TPSA) is 75.6 Å². The van der Waals surface area contributed by atoms with Crippen LogP contribution in [0.2, 0.25) is 5.02 Å². The molecule has 0 aromatic heterocycles. The Morgan fingerprint density at radius 2 is 1.80 bits per heavy atom. The number of hydrogen-bond acceptors (Lipinski definition) is 3. The first kappa shape index (κ1) is 17.3. The van der Waals surface area contributed by atoms with Crippen molar-refractivity contribution in [1.29, 1.82) is 0 Å². The molecule has 0 bridgehead atoms. The maximum Gasteiger partial charge on any atom is 0.311 e. The van der Waals surface area contributed by atoms with Crippen LogP contribution in [0, 0.1) is 5.41 Å². The lowest BCUT2D eigenvalue weighted by molar-refractivity contribution is -0.143. The molecule has 2 aromatic carbocycles. The first-order valence-electron chi connectivity index (χ1n) is 7.99. The molecule has 0 radical (unpaired) electrons. The lowest BCUT2D eigenvalue weighted by Gasteiger charge is -2.14. The van der Waals surface area contributed by atoms with Gasteiger partial charge in [0, 0.05) is 17.1 Å². The van der Waals surface area contributed by atoms with Gasteiger partial charge in [0.15, 0.2) is 0 Å². The van der Waals surface area contributed by atoms with Gasteiger partial charge in [-0.05, 0) is 31.0 Å². The molecule has 1 amide bonds. The molecule has 0 spiro atoms. The van der Waals surface area contributed by atoms with Crippen LogP contribution in [-0.4, -0.2) is 23.5 Å². The third-order valence-corrected chi connectivity index (χ3v) is 4.74. The quantitative estimate of drug-likeness (QED) is 0.793. The molecule has 0 saturated heterocycles. The van der Waals surface area contributed by atoms with Crippen molar-refractivity contribution < 1.29 is 19.4 Å². The lowest BCUT2D eigenvalue weighted by Crippen LogP contribution is -2.34. The summed E-state index contributed by atoms with van der Waals surface area (Å²) in [7, 11) is 0. The average molecular weight is 360 g/mol. The number of carbonyl (C=O) groups excluding carboxylic acids is 1. The summed E-state index contributed by atoms with van der Waals surface area (Å²) < 4.78 is 5.76. The fourth-order valence-corrected chi connectivity index (χ4v) is 2.70. The van der Waals surface area contributed by atoms with Crippen LogP contribution in [0.5, 0.6) is 5.75 Å². The second kappa shape index (κ2) is 7.15. The molecule has 0 heterocycles. The summed E-state index contributed by atoms with van der Waals surface area (Å²) in [5.41, 5.74) is 0.390. The number of halogens is 1. The SMILES string of the molecule is O=C(NCC1(C(=O)O)CC1)c1ccccc1OCc1ccccc1Cl. The van der Waals surface area contributed by atoms with E-state index in [1.54, 1.807) is 30.3 Å². The highest BCUT2D eigenvalue weighted by atomic mass is 35.5. The van der Waals surface area contributed by atoms with Gasteiger partial charge >= 0.3 is 5.97 Å². The number of amides is 1. The van der Waals surface area contributed by atoms with Gasteiger partial charge < -0.3 is 15.2 Å². The van der Waals surface area contributed by atoms with Crippen molar-refractivity contribution in [3.05, 3.63) is 64.7 Å². The number of carbonyl (C=O) groups is 2. The second-order valence-corrected chi connectivity index (χ2v) is 6.55. The molecule has 0 aliphatic heterocycles. The standard InChI is InChI=1S/C19H18ClNO4/c20-15-7-3-1-5-13(15)11-25-16-8-4-2-6-14(16)17(22)21-12-19(9-10-19)18(23)24/h1-8H,9-12H2,(H,21,22)(H,23,24). The summed E-state index contributed by atoms with van der Waals surface area (Å²) in [5, 5.41) is 12.5. The molecular formula is C19H18ClNO4. The summed E-state index contributed by atoms with van der Waals surface area (Å²) in [6.07, 6.45) is 1.18. The van der Waals surface area contributed by atoms with E-state index in [0.29, 0.717) is 29.2 Å². The molecule has 5 nitrogen and oxygen atoms in total. The van der Waals surface area contributed by atoms with Crippen molar-refractivity contribution in [1.82, 2.24) is 5.32 Å². The summed E-state index contributed by atoms with van der Waals surface area (Å²) >= 11 is 6.11. The van der Waals surface area contributed by atoms with Crippen LogP contribution in [0.15, 0.2) is 48.5 Å². The van der Waals surface area contributed by atoms with Crippen LogP contribution in [0.3, 0.4) is 0 Å². The molecule has 1 aliphatic carbocycles. The smallest absolute Gasteiger partial charge is 0.311 e. The molecule has 1 fully saturated rings. The summed E-state index contributed by atoms with van der Waals surface area (Å²) in [4.78, 5) is 23.6. The highest BCUT2D eigenvalue weighted by Crippen LogP contribution is 2.45. The van der Waals surface area contributed by atoms with Gasteiger partial charge in [-0.15, -0.1) is 0 Å². The Kier molecular flexibility index (Phi) is 4.95. The van der Waals surface area contributed by atoms with Gasteiger partial charge in [0.2, 0.25) is 0 Å². The fourth-order valence-electron chi connectivity index (χ4n) is 2.51. The zero-order chi connectivity index (χ0) is 17.9. The van der Waals surface area contributed by atoms with Crippen molar-refractivity contribution in [2.24, 2.45) is 5.41 Å². The highest BCUT2D eigenvalue weighted by molar-refractivity contribution is 6.31. The first-order chi connectivity index (χ1) is 12.0. The van der Waals surface area contributed by atoms with E-state index in [-0.39, 0.29) is 19.1 Å². The van der Waals surface area contributed by atoms with Crippen LogP contribution < -0.4 is 10.1 Å². The van der Waals surface area contributed by atoms with Gasteiger partial charge in [-0.1, -0.05) is 41.9 Å². The summed E-state index contributed by atoms with van der Waals surface area (Å²) in [5.74, 6) is -0.779. The van der Waals surface area contributed by atoms with E-state index in [0.717, 1.165) is 5.56 Å². The van der Waals surface area contributed by atoms with E-state index in [1.165, 1.54) is 0 Å². The Balaban J connectivity index is 1.67. The van der Waals surface area contributed by atoms with Gasteiger partial charge in [0.05, 0.1) is 11.0 Å². The maximum absolute atomic E-state index is 12.4. The van der Waals surface area contributed by atoms with Gasteiger partial charge in [0.1, 0.15) is 12.4 Å².